The van der Waals surface area contributed by atoms with Crippen LogP contribution in [0.25, 0.3) is 0 Å². The van der Waals surface area contributed by atoms with E-state index < -0.39 is 28.5 Å². The zero-order chi connectivity index (χ0) is 29.4. The molecule has 0 bridgehead atoms. The number of hydrogen-bond donors (Lipinski definition) is 1. The quantitative estimate of drug-likeness (QED) is 0.353. The summed E-state index contributed by atoms with van der Waals surface area (Å²) in [6.07, 6.45) is 0. The Bertz CT molecular complexity index is 1420. The maximum absolute atomic E-state index is 14.0. The summed E-state index contributed by atoms with van der Waals surface area (Å²) >= 11 is 0. The number of para-hydroxylation sites is 2. The molecule has 3 aromatic carbocycles. The standard InChI is InChI=1S/C30H37N3O6S/c1-21(2)31-30(35)23(4)32(19-24-12-8-7-11-22(24)3)29(34)20-33(27-13-9-10-14-28(27)39-6)40(36,37)26-17-15-25(38-5)16-18-26/h7-18,21,23H,19-20H2,1-6H3,(H,31,35). The number of anilines is 1. The van der Waals surface area contributed by atoms with Crippen LogP contribution in [0.1, 0.15) is 31.9 Å². The van der Waals surface area contributed by atoms with Gasteiger partial charge in [-0.25, -0.2) is 8.42 Å². The molecular formula is C30H37N3O6S. The maximum atomic E-state index is 14.0. The molecule has 0 heterocycles. The van der Waals surface area contributed by atoms with E-state index in [0.717, 1.165) is 15.4 Å². The number of hydrogen-bond acceptors (Lipinski definition) is 6. The molecule has 0 aliphatic heterocycles. The second-order valence-electron chi connectivity index (χ2n) is 9.65. The molecule has 0 fully saturated rings. The molecule has 0 aliphatic carbocycles. The SMILES string of the molecule is COc1ccc(S(=O)(=O)N(CC(=O)N(Cc2ccccc2C)C(C)C(=O)NC(C)C)c2ccccc2OC)cc1. The van der Waals surface area contributed by atoms with Crippen LogP contribution in [-0.4, -0.2) is 58.0 Å². The van der Waals surface area contributed by atoms with Crippen LogP contribution in [-0.2, 0) is 26.2 Å². The third-order valence-corrected chi connectivity index (χ3v) is 8.25. The van der Waals surface area contributed by atoms with Gasteiger partial charge in [-0.2, -0.15) is 0 Å². The van der Waals surface area contributed by atoms with Crippen LogP contribution in [0.4, 0.5) is 5.69 Å². The predicted molar refractivity (Wildman–Crippen MR) is 155 cm³/mol. The number of rotatable bonds is 12. The summed E-state index contributed by atoms with van der Waals surface area (Å²) in [4.78, 5) is 28.5. The lowest BCUT2D eigenvalue weighted by Gasteiger charge is -2.33. The fourth-order valence-electron chi connectivity index (χ4n) is 4.18. The summed E-state index contributed by atoms with van der Waals surface area (Å²) < 4.78 is 39.7. The van der Waals surface area contributed by atoms with Crippen LogP contribution < -0.4 is 19.1 Å². The second kappa shape index (κ2) is 13.3. The van der Waals surface area contributed by atoms with Gasteiger partial charge in [-0.3, -0.25) is 13.9 Å². The molecule has 2 amide bonds. The lowest BCUT2D eigenvalue weighted by atomic mass is 10.1. The highest BCUT2D eigenvalue weighted by atomic mass is 32.2. The van der Waals surface area contributed by atoms with Crippen LogP contribution in [0.2, 0.25) is 0 Å². The fourth-order valence-corrected chi connectivity index (χ4v) is 5.61. The molecular weight excluding hydrogens is 530 g/mol. The van der Waals surface area contributed by atoms with Crippen molar-refractivity contribution in [1.82, 2.24) is 10.2 Å². The Morgan fingerprint density at radius 1 is 0.875 bits per heavy atom. The van der Waals surface area contributed by atoms with Crippen molar-refractivity contribution in [1.29, 1.82) is 0 Å². The first-order valence-corrected chi connectivity index (χ1v) is 14.4. The van der Waals surface area contributed by atoms with Crippen molar-refractivity contribution in [3.63, 3.8) is 0 Å². The van der Waals surface area contributed by atoms with Crippen LogP contribution in [0.15, 0.2) is 77.7 Å². The van der Waals surface area contributed by atoms with E-state index in [2.05, 4.69) is 5.32 Å². The van der Waals surface area contributed by atoms with Crippen molar-refractivity contribution in [3.05, 3.63) is 83.9 Å². The molecule has 3 aromatic rings. The van der Waals surface area contributed by atoms with E-state index in [-0.39, 0.29) is 34.8 Å². The minimum absolute atomic E-state index is 0.0249. The highest BCUT2D eigenvalue weighted by Gasteiger charge is 2.34. The van der Waals surface area contributed by atoms with E-state index in [0.29, 0.717) is 5.75 Å². The molecule has 0 radical (unpaired) electrons. The molecule has 40 heavy (non-hydrogen) atoms. The summed E-state index contributed by atoms with van der Waals surface area (Å²) in [5.41, 5.74) is 2.00. The van der Waals surface area contributed by atoms with E-state index in [4.69, 9.17) is 9.47 Å². The lowest BCUT2D eigenvalue weighted by molar-refractivity contribution is -0.139. The molecule has 0 aromatic heterocycles. The first kappa shape index (κ1) is 30.5. The van der Waals surface area contributed by atoms with Crippen molar-refractivity contribution in [2.75, 3.05) is 25.1 Å². The number of aryl methyl sites for hydroxylation is 1. The van der Waals surface area contributed by atoms with Gasteiger partial charge < -0.3 is 19.7 Å². The molecule has 0 saturated heterocycles. The molecule has 214 valence electrons. The Balaban J connectivity index is 2.08. The van der Waals surface area contributed by atoms with Crippen LogP contribution >= 0.6 is 0 Å². The first-order valence-electron chi connectivity index (χ1n) is 12.9. The van der Waals surface area contributed by atoms with E-state index in [1.54, 1.807) is 31.2 Å². The Kier molecular flexibility index (Phi) is 10.2. The lowest BCUT2D eigenvalue weighted by Crippen LogP contribution is -2.52. The number of nitrogens with one attached hydrogen (secondary N) is 1. The molecule has 1 unspecified atom stereocenters. The average Bonchev–Trinajstić information content (AvgIpc) is 2.94. The number of ether oxygens (including phenoxy) is 2. The monoisotopic (exact) mass is 567 g/mol. The number of sulfonamides is 1. The van der Waals surface area contributed by atoms with Gasteiger partial charge in [0.2, 0.25) is 11.8 Å². The Morgan fingerprint density at radius 3 is 2.10 bits per heavy atom. The van der Waals surface area contributed by atoms with Gasteiger partial charge in [-0.15, -0.1) is 0 Å². The molecule has 3 rings (SSSR count). The summed E-state index contributed by atoms with van der Waals surface area (Å²) in [5.74, 6) is -0.104. The zero-order valence-electron chi connectivity index (χ0n) is 23.7. The highest BCUT2D eigenvalue weighted by molar-refractivity contribution is 7.92. The zero-order valence-corrected chi connectivity index (χ0v) is 24.6. The summed E-state index contributed by atoms with van der Waals surface area (Å²) in [5, 5.41) is 2.85. The van der Waals surface area contributed by atoms with Gasteiger partial charge in [0.15, 0.2) is 0 Å². The van der Waals surface area contributed by atoms with Crippen LogP contribution in [0, 0.1) is 6.92 Å². The minimum Gasteiger partial charge on any atom is -0.497 e. The summed E-state index contributed by atoms with van der Waals surface area (Å²) in [6, 6.07) is 19.1. The summed E-state index contributed by atoms with van der Waals surface area (Å²) in [7, 11) is -1.32. The van der Waals surface area contributed by atoms with Crippen molar-refractivity contribution < 1.29 is 27.5 Å². The number of methoxy groups -OCH3 is 2. The molecule has 1 N–H and O–H groups in total. The van der Waals surface area contributed by atoms with E-state index >= 15 is 0 Å². The van der Waals surface area contributed by atoms with Gasteiger partial charge in [0.1, 0.15) is 24.1 Å². The Labute approximate surface area is 236 Å². The summed E-state index contributed by atoms with van der Waals surface area (Å²) in [6.45, 7) is 6.80. The third kappa shape index (κ3) is 7.12. The Hall–Kier alpha value is -4.05. The van der Waals surface area contributed by atoms with Crippen molar-refractivity contribution in [3.8, 4) is 11.5 Å². The normalized spacial score (nSPS) is 12.0. The molecule has 0 spiro atoms. The molecule has 10 heteroatoms. The largest absolute Gasteiger partial charge is 0.497 e. The molecule has 1 atom stereocenters. The topological polar surface area (TPSA) is 105 Å². The fraction of sp³-hybridized carbons (Fsp3) is 0.333. The van der Waals surface area contributed by atoms with Crippen molar-refractivity contribution in [2.24, 2.45) is 0 Å². The minimum atomic E-state index is -4.24. The highest BCUT2D eigenvalue weighted by Crippen LogP contribution is 2.33. The van der Waals surface area contributed by atoms with Crippen LogP contribution in [0.3, 0.4) is 0 Å². The van der Waals surface area contributed by atoms with Crippen molar-refractivity contribution in [2.45, 2.75) is 51.2 Å². The Morgan fingerprint density at radius 2 is 1.50 bits per heavy atom. The van der Waals surface area contributed by atoms with Gasteiger partial charge in [-0.05, 0) is 75.2 Å². The average molecular weight is 568 g/mol. The molecule has 0 aliphatic rings. The second-order valence-corrected chi connectivity index (χ2v) is 11.5. The van der Waals surface area contributed by atoms with Gasteiger partial charge >= 0.3 is 0 Å². The molecule has 9 nitrogen and oxygen atoms in total. The van der Waals surface area contributed by atoms with E-state index in [1.807, 2.05) is 45.0 Å². The van der Waals surface area contributed by atoms with E-state index in [9.17, 15) is 18.0 Å². The van der Waals surface area contributed by atoms with Gasteiger partial charge in [-0.1, -0.05) is 36.4 Å². The van der Waals surface area contributed by atoms with Crippen LogP contribution in [0.5, 0.6) is 11.5 Å². The number of carbonyl (C=O) groups is 2. The van der Waals surface area contributed by atoms with Crippen molar-refractivity contribution >= 4 is 27.5 Å². The maximum Gasteiger partial charge on any atom is 0.264 e. The predicted octanol–water partition coefficient (Wildman–Crippen LogP) is 4.15. The van der Waals surface area contributed by atoms with Gasteiger partial charge in [0.05, 0.1) is 24.8 Å². The van der Waals surface area contributed by atoms with Gasteiger partial charge in [0.25, 0.3) is 10.0 Å². The van der Waals surface area contributed by atoms with E-state index in [1.165, 1.54) is 43.4 Å². The van der Waals surface area contributed by atoms with Gasteiger partial charge in [0, 0.05) is 12.6 Å². The first-order chi connectivity index (χ1) is 19.0. The number of nitrogens with zero attached hydrogens (tertiary/aromatic N) is 2. The molecule has 0 saturated carbocycles. The third-order valence-electron chi connectivity index (χ3n) is 6.48. The number of benzene rings is 3. The number of amides is 2. The number of carbonyl (C=O) groups excluding carboxylic acids is 2. The smallest absolute Gasteiger partial charge is 0.264 e.